The number of nitrogen functional groups attached to an aromatic ring is 2. The van der Waals surface area contributed by atoms with Crippen LogP contribution in [0.15, 0.2) is 48.5 Å². The van der Waals surface area contributed by atoms with Gasteiger partial charge < -0.3 is 20.9 Å². The Morgan fingerprint density at radius 1 is 0.760 bits per heavy atom. The lowest BCUT2D eigenvalue weighted by Gasteiger charge is -2.30. The molecule has 6 nitrogen and oxygen atoms in total. The molecule has 0 amide bonds. The van der Waals surface area contributed by atoms with E-state index in [-0.39, 0.29) is 13.2 Å². The van der Waals surface area contributed by atoms with E-state index in [9.17, 15) is 9.59 Å². The number of benzene rings is 2. The van der Waals surface area contributed by atoms with E-state index in [0.29, 0.717) is 22.5 Å². The van der Waals surface area contributed by atoms with Gasteiger partial charge in [-0.15, -0.1) is 0 Å². The van der Waals surface area contributed by atoms with Gasteiger partial charge in [0.05, 0.1) is 13.2 Å². The van der Waals surface area contributed by atoms with E-state index >= 15 is 0 Å². The van der Waals surface area contributed by atoms with Gasteiger partial charge in [-0.25, -0.2) is 0 Å². The van der Waals surface area contributed by atoms with Crippen LogP contribution in [-0.2, 0) is 24.5 Å². The summed E-state index contributed by atoms with van der Waals surface area (Å²) in [4.78, 5) is 25.9. The highest BCUT2D eigenvalue weighted by Crippen LogP contribution is 2.36. The number of carbonyl (C=O) groups is 2. The van der Waals surface area contributed by atoms with Gasteiger partial charge in [-0.3, -0.25) is 9.59 Å². The largest absolute Gasteiger partial charge is 0.465 e. The zero-order valence-electron chi connectivity index (χ0n) is 14.3. The van der Waals surface area contributed by atoms with Crippen LogP contribution in [0.5, 0.6) is 0 Å². The van der Waals surface area contributed by atoms with Crippen LogP contribution in [0, 0.1) is 0 Å². The number of anilines is 2. The van der Waals surface area contributed by atoms with Crippen molar-refractivity contribution < 1.29 is 19.1 Å². The molecule has 0 atom stereocenters. The lowest BCUT2D eigenvalue weighted by Crippen LogP contribution is -2.47. The number of carbonyl (C=O) groups excluding carboxylic acids is 2. The van der Waals surface area contributed by atoms with Gasteiger partial charge in [0.1, 0.15) is 0 Å². The van der Waals surface area contributed by atoms with E-state index in [0.717, 1.165) is 0 Å². The third kappa shape index (κ3) is 3.42. The molecule has 0 aliphatic heterocycles. The topological polar surface area (TPSA) is 105 Å². The summed E-state index contributed by atoms with van der Waals surface area (Å²) < 4.78 is 10.5. The SMILES string of the molecule is CCOC(=O)C(C(=O)OCC)(c1ccc(N)cc1)c1ccc(N)cc1. The molecule has 2 aromatic carbocycles. The fourth-order valence-electron chi connectivity index (χ4n) is 2.67. The van der Waals surface area contributed by atoms with Gasteiger partial charge >= 0.3 is 11.9 Å². The molecule has 132 valence electrons. The second kappa shape index (κ2) is 7.70. The van der Waals surface area contributed by atoms with Crippen molar-refractivity contribution in [3.63, 3.8) is 0 Å². The molecular weight excluding hydrogens is 320 g/mol. The van der Waals surface area contributed by atoms with Crippen LogP contribution in [0.1, 0.15) is 25.0 Å². The Hall–Kier alpha value is -3.02. The number of ether oxygens (including phenoxy) is 2. The number of nitrogens with two attached hydrogens (primary N) is 2. The normalized spacial score (nSPS) is 11.0. The molecule has 4 N–H and O–H groups in total. The molecular formula is C19H22N2O4. The molecule has 2 rings (SSSR count). The van der Waals surface area contributed by atoms with Crippen LogP contribution in [0.25, 0.3) is 0 Å². The van der Waals surface area contributed by atoms with Gasteiger partial charge in [0.25, 0.3) is 0 Å². The summed E-state index contributed by atoms with van der Waals surface area (Å²) >= 11 is 0. The molecule has 0 saturated heterocycles. The van der Waals surface area contributed by atoms with Crippen LogP contribution in [-0.4, -0.2) is 25.2 Å². The molecule has 0 radical (unpaired) electrons. The second-order valence-corrected chi connectivity index (χ2v) is 5.43. The van der Waals surface area contributed by atoms with Crippen LogP contribution >= 0.6 is 0 Å². The van der Waals surface area contributed by atoms with Crippen LogP contribution < -0.4 is 11.5 Å². The molecule has 0 aliphatic carbocycles. The van der Waals surface area contributed by atoms with Gasteiger partial charge in [0.15, 0.2) is 0 Å². The van der Waals surface area contributed by atoms with Gasteiger partial charge in [0.2, 0.25) is 5.41 Å². The average molecular weight is 342 g/mol. The Kier molecular flexibility index (Phi) is 5.64. The Morgan fingerprint density at radius 3 is 1.36 bits per heavy atom. The van der Waals surface area contributed by atoms with E-state index in [4.69, 9.17) is 20.9 Å². The maximum Gasteiger partial charge on any atom is 0.332 e. The zero-order valence-corrected chi connectivity index (χ0v) is 14.3. The zero-order chi connectivity index (χ0) is 18.4. The molecule has 0 saturated carbocycles. The van der Waals surface area contributed by atoms with Crippen molar-refractivity contribution in [1.29, 1.82) is 0 Å². The van der Waals surface area contributed by atoms with E-state index in [2.05, 4.69) is 0 Å². The fraction of sp³-hybridized carbons (Fsp3) is 0.263. The quantitative estimate of drug-likeness (QED) is 0.474. The highest BCUT2D eigenvalue weighted by atomic mass is 16.6. The average Bonchev–Trinajstić information content (AvgIpc) is 2.59. The van der Waals surface area contributed by atoms with Gasteiger partial charge in [-0.05, 0) is 49.2 Å². The minimum Gasteiger partial charge on any atom is -0.465 e. The van der Waals surface area contributed by atoms with Crippen molar-refractivity contribution in [1.82, 2.24) is 0 Å². The smallest absolute Gasteiger partial charge is 0.332 e. The van der Waals surface area contributed by atoms with Crippen molar-refractivity contribution in [3.8, 4) is 0 Å². The third-order valence-corrected chi connectivity index (χ3v) is 3.85. The van der Waals surface area contributed by atoms with Crippen molar-refractivity contribution in [2.45, 2.75) is 19.3 Å². The van der Waals surface area contributed by atoms with E-state index in [1.54, 1.807) is 62.4 Å². The number of hydrogen-bond donors (Lipinski definition) is 2. The molecule has 0 heterocycles. The summed E-state index contributed by atoms with van der Waals surface area (Å²) in [5.74, 6) is -1.41. The molecule has 6 heteroatoms. The van der Waals surface area contributed by atoms with Gasteiger partial charge in [-0.2, -0.15) is 0 Å². The number of hydrogen-bond acceptors (Lipinski definition) is 6. The van der Waals surface area contributed by atoms with Crippen LogP contribution in [0.4, 0.5) is 11.4 Å². The second-order valence-electron chi connectivity index (χ2n) is 5.43. The van der Waals surface area contributed by atoms with Crippen molar-refractivity contribution >= 4 is 23.3 Å². The molecule has 25 heavy (non-hydrogen) atoms. The number of esters is 2. The predicted molar refractivity (Wildman–Crippen MR) is 95.8 cm³/mol. The molecule has 0 bridgehead atoms. The molecule has 0 aromatic heterocycles. The summed E-state index contributed by atoms with van der Waals surface area (Å²) in [5.41, 5.74) is 11.6. The maximum atomic E-state index is 13.0. The monoisotopic (exact) mass is 342 g/mol. The number of rotatable bonds is 6. The molecule has 0 aliphatic rings. The summed E-state index contributed by atoms with van der Waals surface area (Å²) in [6.45, 7) is 3.62. The van der Waals surface area contributed by atoms with E-state index in [1.807, 2.05) is 0 Å². The predicted octanol–water partition coefficient (Wildman–Crippen LogP) is 2.26. The molecule has 0 fully saturated rings. The minimum atomic E-state index is -1.74. The van der Waals surface area contributed by atoms with Crippen molar-refractivity contribution in [2.75, 3.05) is 24.7 Å². The molecule has 0 unspecified atom stereocenters. The standard InChI is InChI=1S/C19H22N2O4/c1-3-24-17(22)19(18(23)25-4-2,13-5-9-15(20)10-6-13)14-7-11-16(21)12-8-14/h5-12H,3-4,20-21H2,1-2H3. The van der Waals surface area contributed by atoms with E-state index < -0.39 is 17.4 Å². The first-order chi connectivity index (χ1) is 12.0. The summed E-state index contributed by atoms with van der Waals surface area (Å²) in [5, 5.41) is 0. The Labute approximate surface area is 146 Å². The third-order valence-electron chi connectivity index (χ3n) is 3.85. The fourth-order valence-corrected chi connectivity index (χ4v) is 2.67. The lowest BCUT2D eigenvalue weighted by atomic mass is 9.74. The first kappa shape index (κ1) is 18.3. The molecule has 2 aromatic rings. The lowest BCUT2D eigenvalue weighted by molar-refractivity contribution is -0.162. The summed E-state index contributed by atoms with van der Waals surface area (Å²) in [6.07, 6.45) is 0. The minimum absolute atomic E-state index is 0.129. The van der Waals surface area contributed by atoms with Crippen LogP contribution in [0.3, 0.4) is 0 Å². The van der Waals surface area contributed by atoms with Crippen LogP contribution in [0.2, 0.25) is 0 Å². The summed E-state index contributed by atoms with van der Waals surface area (Å²) in [7, 11) is 0. The first-order valence-corrected chi connectivity index (χ1v) is 8.03. The highest BCUT2D eigenvalue weighted by Gasteiger charge is 2.52. The summed E-state index contributed by atoms with van der Waals surface area (Å²) in [6, 6.07) is 13.0. The Bertz CT molecular complexity index is 674. The Balaban J connectivity index is 2.76. The molecule has 0 spiro atoms. The van der Waals surface area contributed by atoms with Crippen molar-refractivity contribution in [2.24, 2.45) is 0 Å². The maximum absolute atomic E-state index is 13.0. The van der Waals surface area contributed by atoms with E-state index in [1.165, 1.54) is 0 Å². The van der Waals surface area contributed by atoms with Gasteiger partial charge in [0, 0.05) is 11.4 Å². The Morgan fingerprint density at radius 2 is 1.08 bits per heavy atom. The first-order valence-electron chi connectivity index (χ1n) is 8.03. The van der Waals surface area contributed by atoms with Crippen molar-refractivity contribution in [3.05, 3.63) is 59.7 Å². The van der Waals surface area contributed by atoms with Gasteiger partial charge in [-0.1, -0.05) is 24.3 Å². The highest BCUT2D eigenvalue weighted by molar-refractivity contribution is 6.10.